The maximum atomic E-state index is 11.7. The fourth-order valence-corrected chi connectivity index (χ4v) is 1.97. The lowest BCUT2D eigenvalue weighted by atomic mass is 10.1. The fraction of sp³-hybridized carbons (Fsp3) is 0.714. The second-order valence-electron chi connectivity index (χ2n) is 5.44. The summed E-state index contributed by atoms with van der Waals surface area (Å²) in [6.45, 7) is 5.92. The number of aromatic nitrogens is 2. The first-order valence-corrected chi connectivity index (χ1v) is 6.90. The summed E-state index contributed by atoms with van der Waals surface area (Å²) in [6, 6.07) is 1.52. The third-order valence-electron chi connectivity index (χ3n) is 3.32. The molecule has 0 aromatic carbocycles. The van der Waals surface area contributed by atoms with E-state index in [-0.39, 0.29) is 11.2 Å². The highest BCUT2D eigenvalue weighted by Crippen LogP contribution is 2.05. The van der Waals surface area contributed by atoms with Gasteiger partial charge in [-0.1, -0.05) is 26.7 Å². The van der Waals surface area contributed by atoms with E-state index in [9.17, 15) is 9.59 Å². The number of hydrogen-bond donors (Lipinski definition) is 1. The summed E-state index contributed by atoms with van der Waals surface area (Å²) in [4.78, 5) is 23.3. The Morgan fingerprint density at radius 3 is 2.47 bits per heavy atom. The summed E-state index contributed by atoms with van der Waals surface area (Å²) in [5, 5.41) is 3.28. The van der Waals surface area contributed by atoms with Crippen LogP contribution in [0.1, 0.15) is 38.8 Å². The second kappa shape index (κ2) is 7.28. The molecule has 0 aliphatic heterocycles. The zero-order chi connectivity index (χ0) is 14.4. The molecule has 1 N–H and O–H groups in total. The van der Waals surface area contributed by atoms with Crippen molar-refractivity contribution < 1.29 is 0 Å². The third-order valence-corrected chi connectivity index (χ3v) is 3.32. The topological polar surface area (TPSA) is 56.0 Å². The summed E-state index contributed by atoms with van der Waals surface area (Å²) in [5.74, 6) is 0.748. The van der Waals surface area contributed by atoms with Gasteiger partial charge in [-0.05, 0) is 18.9 Å². The zero-order valence-electron chi connectivity index (χ0n) is 12.4. The Bertz CT molecular complexity index is 514. The molecule has 1 aromatic rings. The smallest absolute Gasteiger partial charge is 0.311 e. The van der Waals surface area contributed by atoms with E-state index < -0.39 is 0 Å². The molecule has 1 rings (SSSR count). The van der Waals surface area contributed by atoms with Crippen LogP contribution in [0.3, 0.4) is 0 Å². The predicted molar refractivity (Wildman–Crippen MR) is 77.3 cm³/mol. The van der Waals surface area contributed by atoms with Crippen molar-refractivity contribution in [2.24, 2.45) is 20.0 Å². The van der Waals surface area contributed by atoms with Crippen molar-refractivity contribution in [3.63, 3.8) is 0 Å². The minimum atomic E-state index is -0.274. The van der Waals surface area contributed by atoms with Crippen LogP contribution in [0.25, 0.3) is 0 Å². The minimum Gasteiger partial charge on any atom is -0.311 e. The van der Waals surface area contributed by atoms with Crippen LogP contribution in [0.4, 0.5) is 0 Å². The van der Waals surface area contributed by atoms with Gasteiger partial charge in [-0.3, -0.25) is 13.9 Å². The first-order valence-electron chi connectivity index (χ1n) is 6.90. The zero-order valence-corrected chi connectivity index (χ0v) is 12.4. The van der Waals surface area contributed by atoms with Crippen LogP contribution in [0.2, 0.25) is 0 Å². The van der Waals surface area contributed by atoms with Gasteiger partial charge in [0.2, 0.25) is 0 Å². The van der Waals surface area contributed by atoms with Gasteiger partial charge in [-0.15, -0.1) is 0 Å². The lowest BCUT2D eigenvalue weighted by molar-refractivity contribution is 0.514. The number of hydrogen-bond acceptors (Lipinski definition) is 3. The van der Waals surface area contributed by atoms with Gasteiger partial charge in [-0.2, -0.15) is 0 Å². The molecule has 0 fully saturated rings. The van der Waals surface area contributed by atoms with Crippen molar-refractivity contribution >= 4 is 0 Å². The summed E-state index contributed by atoms with van der Waals surface area (Å²) < 4.78 is 2.63. The number of unbranched alkanes of at least 4 members (excludes halogenated alkanes) is 1. The molecule has 0 bridgehead atoms. The van der Waals surface area contributed by atoms with Crippen LogP contribution >= 0.6 is 0 Å². The Balaban J connectivity index is 2.47. The molecule has 0 atom stereocenters. The standard InChI is InChI=1S/C14H25N3O2/c1-11(2)7-5-6-8-15-10-12-9-13(18)17(4)14(19)16(12)3/h9,11,15H,5-8,10H2,1-4H3. The maximum Gasteiger partial charge on any atom is 0.330 e. The molecule has 0 aliphatic rings. The largest absolute Gasteiger partial charge is 0.330 e. The van der Waals surface area contributed by atoms with Gasteiger partial charge in [0, 0.05) is 32.4 Å². The van der Waals surface area contributed by atoms with E-state index in [1.54, 1.807) is 7.05 Å². The van der Waals surface area contributed by atoms with Crippen LogP contribution in [-0.4, -0.2) is 15.7 Å². The van der Waals surface area contributed by atoms with E-state index >= 15 is 0 Å². The van der Waals surface area contributed by atoms with Crippen molar-refractivity contribution in [2.75, 3.05) is 6.54 Å². The van der Waals surface area contributed by atoms with Gasteiger partial charge in [0.15, 0.2) is 0 Å². The van der Waals surface area contributed by atoms with Crippen LogP contribution in [-0.2, 0) is 20.6 Å². The molecular weight excluding hydrogens is 242 g/mol. The van der Waals surface area contributed by atoms with E-state index in [2.05, 4.69) is 19.2 Å². The average Bonchev–Trinajstić information content (AvgIpc) is 2.36. The maximum absolute atomic E-state index is 11.7. The van der Waals surface area contributed by atoms with Gasteiger partial charge in [0.05, 0.1) is 0 Å². The van der Waals surface area contributed by atoms with Gasteiger partial charge < -0.3 is 5.32 Å². The molecule has 0 saturated heterocycles. The Hall–Kier alpha value is -1.36. The predicted octanol–water partition coefficient (Wildman–Crippen LogP) is 1.000. The molecular formula is C14H25N3O2. The summed E-state index contributed by atoms with van der Waals surface area (Å²) in [6.07, 6.45) is 3.57. The summed E-state index contributed by atoms with van der Waals surface area (Å²) in [5.41, 5.74) is 0.209. The highest BCUT2D eigenvalue weighted by Gasteiger charge is 2.05. The lowest BCUT2D eigenvalue weighted by Gasteiger charge is -2.10. The first-order chi connectivity index (χ1) is 8.93. The SMILES string of the molecule is CC(C)CCCCNCc1cc(=O)n(C)c(=O)n1C. The monoisotopic (exact) mass is 267 g/mol. The molecule has 1 aromatic heterocycles. The normalized spacial score (nSPS) is 11.2. The number of rotatable bonds is 7. The highest BCUT2D eigenvalue weighted by atomic mass is 16.2. The lowest BCUT2D eigenvalue weighted by Crippen LogP contribution is -2.39. The molecule has 108 valence electrons. The van der Waals surface area contributed by atoms with Gasteiger partial charge in [0.1, 0.15) is 0 Å². The molecule has 0 aliphatic carbocycles. The molecule has 0 radical (unpaired) electrons. The highest BCUT2D eigenvalue weighted by molar-refractivity contribution is 5.01. The Labute approximate surface area is 114 Å². The van der Waals surface area contributed by atoms with Gasteiger partial charge in [-0.25, -0.2) is 4.79 Å². The molecule has 5 heteroatoms. The minimum absolute atomic E-state index is 0.250. The van der Waals surface area contributed by atoms with Gasteiger partial charge in [0.25, 0.3) is 5.56 Å². The van der Waals surface area contributed by atoms with E-state index in [0.29, 0.717) is 6.54 Å². The molecule has 0 amide bonds. The number of nitrogens with one attached hydrogen (secondary N) is 1. The van der Waals surface area contributed by atoms with Gasteiger partial charge >= 0.3 is 5.69 Å². The van der Waals surface area contributed by atoms with Crippen molar-refractivity contribution in [1.82, 2.24) is 14.5 Å². The van der Waals surface area contributed by atoms with Crippen LogP contribution in [0.15, 0.2) is 15.7 Å². The van der Waals surface area contributed by atoms with E-state index in [4.69, 9.17) is 0 Å². The molecule has 0 unspecified atom stereocenters. The van der Waals surface area contributed by atoms with Crippen LogP contribution < -0.4 is 16.6 Å². The molecule has 0 spiro atoms. The van der Waals surface area contributed by atoms with Crippen molar-refractivity contribution in [1.29, 1.82) is 0 Å². The quantitative estimate of drug-likeness (QED) is 0.750. The summed E-state index contributed by atoms with van der Waals surface area (Å²) in [7, 11) is 3.19. The van der Waals surface area contributed by atoms with Crippen LogP contribution in [0.5, 0.6) is 0 Å². The fourth-order valence-electron chi connectivity index (χ4n) is 1.97. The van der Waals surface area contributed by atoms with E-state index in [1.165, 1.54) is 30.5 Å². The molecule has 1 heterocycles. The molecule has 19 heavy (non-hydrogen) atoms. The second-order valence-corrected chi connectivity index (χ2v) is 5.44. The summed E-state index contributed by atoms with van der Waals surface area (Å²) >= 11 is 0. The average molecular weight is 267 g/mol. The molecule has 5 nitrogen and oxygen atoms in total. The van der Waals surface area contributed by atoms with E-state index in [0.717, 1.165) is 29.1 Å². The third kappa shape index (κ3) is 4.67. The van der Waals surface area contributed by atoms with Crippen molar-refractivity contribution in [3.05, 3.63) is 32.6 Å². The van der Waals surface area contributed by atoms with Crippen molar-refractivity contribution in [2.45, 2.75) is 39.7 Å². The van der Waals surface area contributed by atoms with Crippen molar-refractivity contribution in [3.8, 4) is 0 Å². The Morgan fingerprint density at radius 1 is 1.16 bits per heavy atom. The van der Waals surface area contributed by atoms with E-state index in [1.807, 2.05) is 0 Å². The number of nitrogens with zero attached hydrogens (tertiary/aromatic N) is 2. The first kappa shape index (κ1) is 15.7. The van der Waals surface area contributed by atoms with Crippen LogP contribution in [0, 0.1) is 5.92 Å². The molecule has 0 saturated carbocycles. The Kier molecular flexibility index (Phi) is 6.02. The Morgan fingerprint density at radius 2 is 1.84 bits per heavy atom.